The summed E-state index contributed by atoms with van der Waals surface area (Å²) in [4.78, 5) is 13.2. The molecular weight excluding hydrogens is 293 g/mol. The Kier molecular flexibility index (Phi) is 3.99. The summed E-state index contributed by atoms with van der Waals surface area (Å²) in [6, 6.07) is 6.67. The zero-order chi connectivity index (χ0) is 16.7. The lowest BCUT2D eigenvalue weighted by atomic mass is 9.85. The van der Waals surface area contributed by atoms with Crippen LogP contribution in [-0.4, -0.2) is 25.2 Å². The van der Waals surface area contributed by atoms with E-state index in [0.717, 1.165) is 25.7 Å². The predicted molar refractivity (Wildman–Crippen MR) is 87.7 cm³/mol. The molecule has 0 saturated heterocycles. The number of carbonyl (C=O) groups excluding carboxylic acids is 1. The molecule has 0 unspecified atom stereocenters. The molecule has 2 aliphatic rings. The second-order valence-corrected chi connectivity index (χ2v) is 7.82. The van der Waals surface area contributed by atoms with Crippen molar-refractivity contribution in [2.45, 2.75) is 56.9 Å². The number of nitrogens with one attached hydrogen (secondary N) is 1. The maximum atomic E-state index is 14.4. The van der Waals surface area contributed by atoms with Gasteiger partial charge in [0, 0.05) is 12.7 Å². The third kappa shape index (κ3) is 2.57. The first-order chi connectivity index (χ1) is 10.9. The number of carbonyl (C=O) groups is 1. The monoisotopic (exact) mass is 319 g/mol. The fourth-order valence-electron chi connectivity index (χ4n) is 4.38. The molecule has 23 heavy (non-hydrogen) atoms. The van der Waals surface area contributed by atoms with E-state index in [1.54, 1.807) is 19.2 Å². The van der Waals surface area contributed by atoms with Gasteiger partial charge in [0.25, 0.3) is 0 Å². The van der Waals surface area contributed by atoms with Crippen molar-refractivity contribution in [3.8, 4) is 0 Å². The van der Waals surface area contributed by atoms with E-state index in [0.29, 0.717) is 18.6 Å². The van der Waals surface area contributed by atoms with Crippen LogP contribution in [-0.2, 0) is 14.9 Å². The van der Waals surface area contributed by atoms with Gasteiger partial charge in [-0.05, 0) is 30.7 Å². The minimum Gasteiger partial charge on any atom is -0.382 e. The summed E-state index contributed by atoms with van der Waals surface area (Å²) in [7, 11) is 1.67. The Balaban J connectivity index is 1.91. The first-order valence-electron chi connectivity index (χ1n) is 8.44. The Labute approximate surface area is 137 Å². The number of ether oxygens (including phenoxy) is 1. The van der Waals surface area contributed by atoms with Gasteiger partial charge >= 0.3 is 0 Å². The average molecular weight is 319 g/mol. The number of hydrogen-bond donors (Lipinski definition) is 1. The number of methoxy groups -OCH3 is 1. The Hall–Kier alpha value is -1.42. The lowest BCUT2D eigenvalue weighted by Gasteiger charge is -2.33. The summed E-state index contributed by atoms with van der Waals surface area (Å²) in [5.74, 6) is -0.341. The van der Waals surface area contributed by atoms with Crippen LogP contribution in [0.4, 0.5) is 4.39 Å². The van der Waals surface area contributed by atoms with E-state index in [-0.39, 0.29) is 22.7 Å². The fourth-order valence-corrected chi connectivity index (χ4v) is 4.38. The van der Waals surface area contributed by atoms with Gasteiger partial charge in [-0.1, -0.05) is 44.9 Å². The molecule has 3 nitrogen and oxygen atoms in total. The van der Waals surface area contributed by atoms with Gasteiger partial charge in [-0.2, -0.15) is 0 Å². The van der Waals surface area contributed by atoms with Crippen molar-refractivity contribution in [2.24, 2.45) is 5.41 Å². The highest BCUT2D eigenvalue weighted by molar-refractivity contribution is 5.93. The molecule has 0 heterocycles. The molecule has 1 atom stereocenters. The zero-order valence-electron chi connectivity index (χ0n) is 14.2. The molecule has 0 spiro atoms. The minimum absolute atomic E-state index is 0.0495. The van der Waals surface area contributed by atoms with Crippen molar-refractivity contribution in [2.75, 3.05) is 13.7 Å². The molecule has 0 aliphatic heterocycles. The molecule has 126 valence electrons. The Bertz CT molecular complexity index is 607. The highest BCUT2D eigenvalue weighted by atomic mass is 19.1. The number of halogens is 1. The van der Waals surface area contributed by atoms with Crippen LogP contribution in [0.2, 0.25) is 0 Å². The topological polar surface area (TPSA) is 38.3 Å². The third-order valence-electron chi connectivity index (χ3n) is 5.82. The van der Waals surface area contributed by atoms with Crippen LogP contribution in [0.25, 0.3) is 0 Å². The Morgan fingerprint density at radius 1 is 1.26 bits per heavy atom. The van der Waals surface area contributed by atoms with Crippen molar-refractivity contribution in [3.05, 3.63) is 35.6 Å². The largest absolute Gasteiger partial charge is 0.382 e. The summed E-state index contributed by atoms with van der Waals surface area (Å²) in [5, 5.41) is 3.25. The lowest BCUT2D eigenvalue weighted by molar-refractivity contribution is -0.127. The molecule has 3 rings (SSSR count). The third-order valence-corrected chi connectivity index (χ3v) is 5.82. The van der Waals surface area contributed by atoms with Gasteiger partial charge in [0.05, 0.1) is 17.6 Å². The summed E-state index contributed by atoms with van der Waals surface area (Å²) in [6.45, 7) is 4.60. The van der Waals surface area contributed by atoms with Crippen LogP contribution in [0.5, 0.6) is 0 Å². The van der Waals surface area contributed by atoms with Crippen molar-refractivity contribution in [1.82, 2.24) is 5.32 Å². The van der Waals surface area contributed by atoms with E-state index in [1.807, 2.05) is 19.9 Å². The quantitative estimate of drug-likeness (QED) is 0.901. The van der Waals surface area contributed by atoms with Crippen molar-refractivity contribution in [1.29, 1.82) is 0 Å². The van der Waals surface area contributed by atoms with Crippen LogP contribution in [0.3, 0.4) is 0 Å². The van der Waals surface area contributed by atoms with E-state index in [2.05, 4.69) is 5.32 Å². The molecule has 1 aromatic carbocycles. The van der Waals surface area contributed by atoms with E-state index in [4.69, 9.17) is 4.74 Å². The van der Waals surface area contributed by atoms with E-state index in [9.17, 15) is 9.18 Å². The first-order valence-corrected chi connectivity index (χ1v) is 8.44. The normalized spacial score (nSPS) is 27.7. The molecule has 2 aliphatic carbocycles. The predicted octanol–water partition coefficient (Wildman–Crippen LogP) is 3.57. The molecule has 1 N–H and O–H groups in total. The van der Waals surface area contributed by atoms with Crippen molar-refractivity contribution < 1.29 is 13.9 Å². The second-order valence-electron chi connectivity index (χ2n) is 7.82. The van der Waals surface area contributed by atoms with Crippen LogP contribution in [0.1, 0.15) is 51.5 Å². The minimum atomic E-state index is -0.762. The summed E-state index contributed by atoms with van der Waals surface area (Å²) >= 11 is 0. The van der Waals surface area contributed by atoms with Crippen LogP contribution >= 0.6 is 0 Å². The van der Waals surface area contributed by atoms with Crippen molar-refractivity contribution >= 4 is 5.91 Å². The molecule has 1 aromatic rings. The lowest BCUT2D eigenvalue weighted by Crippen LogP contribution is -2.53. The maximum Gasteiger partial charge on any atom is 0.231 e. The van der Waals surface area contributed by atoms with Crippen LogP contribution < -0.4 is 5.32 Å². The SMILES string of the molecule is COCC1(NC(=O)[C@@]2(c3ccccc3F)CC2(C)C)CCCC1. The first kappa shape index (κ1) is 16.4. The molecule has 4 heteroatoms. The molecule has 2 fully saturated rings. The van der Waals surface area contributed by atoms with E-state index in [1.165, 1.54) is 6.07 Å². The summed E-state index contributed by atoms with van der Waals surface area (Å²) in [6.07, 6.45) is 4.73. The zero-order valence-corrected chi connectivity index (χ0v) is 14.2. The van der Waals surface area contributed by atoms with E-state index < -0.39 is 5.41 Å². The average Bonchev–Trinajstić information content (AvgIpc) is 2.84. The molecule has 0 radical (unpaired) electrons. The molecule has 0 aromatic heterocycles. The Morgan fingerprint density at radius 2 is 1.87 bits per heavy atom. The highest BCUT2D eigenvalue weighted by Crippen LogP contribution is 2.65. The number of hydrogen-bond acceptors (Lipinski definition) is 2. The van der Waals surface area contributed by atoms with Gasteiger partial charge in [-0.3, -0.25) is 4.79 Å². The molecular formula is C19H26FNO2. The number of rotatable bonds is 5. The Morgan fingerprint density at radius 3 is 2.39 bits per heavy atom. The van der Waals surface area contributed by atoms with Crippen LogP contribution in [0, 0.1) is 11.2 Å². The van der Waals surface area contributed by atoms with Gasteiger partial charge < -0.3 is 10.1 Å². The standard InChI is InChI=1S/C19H26FNO2/c1-17(2)12-19(17,14-8-4-5-9-15(14)20)16(22)21-18(13-23-3)10-6-7-11-18/h4-5,8-9H,6-7,10-13H2,1-3H3,(H,21,22)/t19-/m0/s1. The summed E-state index contributed by atoms with van der Waals surface area (Å²) in [5.41, 5.74) is -0.760. The van der Waals surface area contributed by atoms with Gasteiger partial charge in [0.2, 0.25) is 5.91 Å². The van der Waals surface area contributed by atoms with Gasteiger partial charge in [0.1, 0.15) is 5.82 Å². The van der Waals surface area contributed by atoms with Crippen LogP contribution in [0.15, 0.2) is 24.3 Å². The maximum absolute atomic E-state index is 14.4. The fraction of sp³-hybridized carbons (Fsp3) is 0.632. The number of benzene rings is 1. The smallest absolute Gasteiger partial charge is 0.231 e. The molecule has 0 bridgehead atoms. The summed E-state index contributed by atoms with van der Waals surface area (Å²) < 4.78 is 19.7. The van der Waals surface area contributed by atoms with E-state index >= 15 is 0 Å². The molecule has 1 amide bonds. The second kappa shape index (κ2) is 5.59. The molecule has 2 saturated carbocycles. The van der Waals surface area contributed by atoms with Crippen molar-refractivity contribution in [3.63, 3.8) is 0 Å². The van der Waals surface area contributed by atoms with Gasteiger partial charge in [0.15, 0.2) is 0 Å². The highest BCUT2D eigenvalue weighted by Gasteiger charge is 2.68. The van der Waals surface area contributed by atoms with Gasteiger partial charge in [-0.25, -0.2) is 4.39 Å². The number of amides is 1. The van der Waals surface area contributed by atoms with Gasteiger partial charge in [-0.15, -0.1) is 0 Å².